The van der Waals surface area contributed by atoms with Gasteiger partial charge >= 0.3 is 0 Å². The molecule has 0 saturated heterocycles. The molecule has 1 aromatic rings. The molecule has 20 heavy (non-hydrogen) atoms. The normalized spacial score (nSPS) is 29.7. The monoisotopic (exact) mass is 270 g/mol. The fraction of sp³-hybridized carbons (Fsp3) is 0.400. The lowest BCUT2D eigenvalue weighted by Crippen LogP contribution is -2.31. The maximum Gasteiger partial charge on any atom is 0.282 e. The van der Waals surface area contributed by atoms with Crippen molar-refractivity contribution in [2.45, 2.75) is 32.3 Å². The van der Waals surface area contributed by atoms with E-state index in [1.54, 1.807) is 6.33 Å². The predicted molar refractivity (Wildman–Crippen MR) is 77.9 cm³/mol. The largest absolute Gasteiger partial charge is 0.456 e. The van der Waals surface area contributed by atoms with Gasteiger partial charge in [0.1, 0.15) is 11.9 Å². The van der Waals surface area contributed by atoms with Gasteiger partial charge in [-0.25, -0.2) is 15.0 Å². The number of nitrogens with two attached hydrogens (primary N) is 1. The molecule has 1 atom stereocenters. The van der Waals surface area contributed by atoms with Gasteiger partial charge in [-0.05, 0) is 30.6 Å². The molecule has 1 saturated carbocycles. The lowest BCUT2D eigenvalue weighted by molar-refractivity contribution is 0.101. The van der Waals surface area contributed by atoms with Crippen LogP contribution in [0, 0.1) is 0 Å². The smallest absolute Gasteiger partial charge is 0.282 e. The summed E-state index contributed by atoms with van der Waals surface area (Å²) in [5, 5.41) is 0. The Bertz CT molecular complexity index is 618. The third-order valence-electron chi connectivity index (χ3n) is 4.04. The number of rotatable bonds is 1. The van der Waals surface area contributed by atoms with Gasteiger partial charge in [-0.1, -0.05) is 6.08 Å². The Labute approximate surface area is 118 Å². The average molecular weight is 270 g/mol. The maximum absolute atomic E-state index is 5.78. The summed E-state index contributed by atoms with van der Waals surface area (Å²) in [7, 11) is 0. The summed E-state index contributed by atoms with van der Waals surface area (Å²) in [6, 6.07) is 0.308. The average Bonchev–Trinajstić information content (AvgIpc) is 3.02. The molecule has 2 heterocycles. The van der Waals surface area contributed by atoms with Crippen LogP contribution in [0.5, 0.6) is 0 Å². The van der Waals surface area contributed by atoms with Crippen LogP contribution in [0.25, 0.3) is 5.57 Å². The second-order valence-electron chi connectivity index (χ2n) is 5.34. The zero-order valence-corrected chi connectivity index (χ0v) is 11.8. The van der Waals surface area contributed by atoms with E-state index in [-0.39, 0.29) is 5.60 Å². The van der Waals surface area contributed by atoms with Gasteiger partial charge in [0.15, 0.2) is 0 Å². The molecule has 1 aliphatic heterocycles. The fourth-order valence-corrected chi connectivity index (χ4v) is 2.96. The van der Waals surface area contributed by atoms with Crippen molar-refractivity contribution in [3.63, 3.8) is 0 Å². The summed E-state index contributed by atoms with van der Waals surface area (Å²) in [6.45, 7) is 4.80. The van der Waals surface area contributed by atoms with E-state index in [9.17, 15) is 0 Å². The van der Waals surface area contributed by atoms with Crippen LogP contribution in [-0.4, -0.2) is 28.1 Å². The van der Waals surface area contributed by atoms with Crippen molar-refractivity contribution in [3.05, 3.63) is 41.5 Å². The van der Waals surface area contributed by atoms with Crippen molar-refractivity contribution in [1.29, 1.82) is 0 Å². The van der Waals surface area contributed by atoms with E-state index in [0.29, 0.717) is 12.6 Å². The number of hydrogen-bond donors (Lipinski definition) is 1. The SMILES string of the molecule is CC=C1CC2(CN=C(N)O2)CC1=C(C)c1cncnc1. The second kappa shape index (κ2) is 4.74. The van der Waals surface area contributed by atoms with Crippen LogP contribution in [0.15, 0.2) is 40.9 Å². The van der Waals surface area contributed by atoms with Crippen LogP contribution < -0.4 is 5.73 Å². The number of aliphatic imine (C=N–C) groups is 1. The van der Waals surface area contributed by atoms with Crippen molar-refractivity contribution in [1.82, 2.24) is 9.97 Å². The standard InChI is InChI=1S/C15H18N4O/c1-3-11-4-15(8-19-14(16)20-15)5-13(11)10(2)12-6-17-9-18-7-12/h3,6-7,9H,4-5,8H2,1-2H3,(H2,16,19). The summed E-state index contributed by atoms with van der Waals surface area (Å²) in [5.74, 6) is 0. The summed E-state index contributed by atoms with van der Waals surface area (Å²) in [5.41, 5.74) is 10.2. The molecule has 1 aliphatic carbocycles. The van der Waals surface area contributed by atoms with Crippen LogP contribution in [0.1, 0.15) is 32.3 Å². The summed E-state index contributed by atoms with van der Waals surface area (Å²) < 4.78 is 5.78. The first-order valence-electron chi connectivity index (χ1n) is 6.73. The molecule has 1 fully saturated rings. The molecule has 0 bridgehead atoms. The number of nitrogens with zero attached hydrogens (tertiary/aromatic N) is 3. The Kier molecular flexibility index (Phi) is 3.04. The van der Waals surface area contributed by atoms with Gasteiger partial charge in [-0.2, -0.15) is 0 Å². The predicted octanol–water partition coefficient (Wildman–Crippen LogP) is 2.07. The molecule has 0 radical (unpaired) electrons. The molecule has 104 valence electrons. The van der Waals surface area contributed by atoms with E-state index >= 15 is 0 Å². The first-order valence-corrected chi connectivity index (χ1v) is 6.73. The Morgan fingerprint density at radius 2 is 2.10 bits per heavy atom. The minimum Gasteiger partial charge on any atom is -0.456 e. The first-order chi connectivity index (χ1) is 9.63. The lowest BCUT2D eigenvalue weighted by Gasteiger charge is -2.20. The molecule has 5 heteroatoms. The summed E-state index contributed by atoms with van der Waals surface area (Å²) >= 11 is 0. The third kappa shape index (κ3) is 2.09. The van der Waals surface area contributed by atoms with Crippen molar-refractivity contribution >= 4 is 11.6 Å². The molecular formula is C15H18N4O. The van der Waals surface area contributed by atoms with E-state index in [4.69, 9.17) is 10.5 Å². The first kappa shape index (κ1) is 12.8. The van der Waals surface area contributed by atoms with Crippen LogP contribution in [0.4, 0.5) is 0 Å². The van der Waals surface area contributed by atoms with E-state index in [0.717, 1.165) is 18.4 Å². The molecule has 5 nitrogen and oxygen atoms in total. The van der Waals surface area contributed by atoms with Crippen LogP contribution in [-0.2, 0) is 4.74 Å². The lowest BCUT2D eigenvalue weighted by atomic mass is 9.98. The van der Waals surface area contributed by atoms with Gasteiger partial charge in [-0.3, -0.25) is 0 Å². The topological polar surface area (TPSA) is 73.4 Å². The van der Waals surface area contributed by atoms with Gasteiger partial charge in [0.25, 0.3) is 6.02 Å². The van der Waals surface area contributed by atoms with Crippen molar-refractivity contribution < 1.29 is 4.74 Å². The minimum atomic E-state index is -0.280. The van der Waals surface area contributed by atoms with E-state index in [2.05, 4.69) is 34.9 Å². The van der Waals surface area contributed by atoms with Crippen molar-refractivity contribution in [2.24, 2.45) is 10.7 Å². The Balaban J connectivity index is 1.98. The van der Waals surface area contributed by atoms with Crippen LogP contribution in [0.3, 0.4) is 0 Å². The van der Waals surface area contributed by atoms with Gasteiger partial charge in [0, 0.05) is 30.8 Å². The third-order valence-corrected chi connectivity index (χ3v) is 4.04. The van der Waals surface area contributed by atoms with Crippen molar-refractivity contribution in [3.8, 4) is 0 Å². The van der Waals surface area contributed by atoms with Crippen LogP contribution >= 0.6 is 0 Å². The van der Waals surface area contributed by atoms with Gasteiger partial charge in [0.2, 0.25) is 0 Å². The Morgan fingerprint density at radius 3 is 2.70 bits per heavy atom. The quantitative estimate of drug-likeness (QED) is 0.847. The number of hydrogen-bond acceptors (Lipinski definition) is 5. The highest BCUT2D eigenvalue weighted by Gasteiger charge is 2.45. The minimum absolute atomic E-state index is 0.280. The van der Waals surface area contributed by atoms with Crippen molar-refractivity contribution in [2.75, 3.05) is 6.54 Å². The molecule has 3 rings (SSSR count). The molecule has 2 N–H and O–H groups in total. The van der Waals surface area contributed by atoms with Gasteiger partial charge < -0.3 is 10.5 Å². The van der Waals surface area contributed by atoms with Crippen LogP contribution in [0.2, 0.25) is 0 Å². The zero-order valence-electron chi connectivity index (χ0n) is 11.8. The fourth-order valence-electron chi connectivity index (χ4n) is 2.96. The number of amidine groups is 1. The summed E-state index contributed by atoms with van der Waals surface area (Å²) in [4.78, 5) is 12.4. The molecular weight excluding hydrogens is 252 g/mol. The van der Waals surface area contributed by atoms with Gasteiger partial charge in [0.05, 0.1) is 6.54 Å². The maximum atomic E-state index is 5.78. The van der Waals surface area contributed by atoms with E-state index in [1.807, 2.05) is 12.4 Å². The molecule has 1 unspecified atom stereocenters. The van der Waals surface area contributed by atoms with E-state index < -0.39 is 0 Å². The molecule has 1 spiro atoms. The zero-order chi connectivity index (χ0) is 14.2. The highest BCUT2D eigenvalue weighted by molar-refractivity contribution is 5.76. The number of allylic oxidation sites excluding steroid dienone is 2. The van der Waals surface area contributed by atoms with Gasteiger partial charge in [-0.15, -0.1) is 0 Å². The highest BCUT2D eigenvalue weighted by Crippen LogP contribution is 2.45. The molecule has 1 aromatic heterocycles. The number of ether oxygens (including phenoxy) is 1. The highest BCUT2D eigenvalue weighted by atomic mass is 16.5. The number of aromatic nitrogens is 2. The second-order valence-corrected chi connectivity index (χ2v) is 5.34. The Hall–Kier alpha value is -2.17. The molecule has 2 aliphatic rings. The Morgan fingerprint density at radius 1 is 1.35 bits per heavy atom. The summed E-state index contributed by atoms with van der Waals surface area (Å²) in [6.07, 6.45) is 9.06. The molecule has 0 aromatic carbocycles. The molecule has 0 amide bonds. The van der Waals surface area contributed by atoms with E-state index in [1.165, 1.54) is 16.7 Å².